The monoisotopic (exact) mass is 312 g/mol. The lowest BCUT2D eigenvalue weighted by molar-refractivity contribution is 0.101. The smallest absolute Gasteiger partial charge is 0.322 e. The highest BCUT2D eigenvalue weighted by atomic mass is 16.5. The van der Waals surface area contributed by atoms with Crippen molar-refractivity contribution >= 4 is 11.9 Å². The maximum absolute atomic E-state index is 11.9. The minimum Gasteiger partial charge on any atom is -0.407 e. The topological polar surface area (TPSA) is 94.1 Å². The van der Waals surface area contributed by atoms with E-state index in [4.69, 9.17) is 8.94 Å². The van der Waals surface area contributed by atoms with Crippen molar-refractivity contribution in [3.63, 3.8) is 0 Å². The molecule has 0 aliphatic rings. The van der Waals surface area contributed by atoms with Gasteiger partial charge in [0.1, 0.15) is 5.76 Å². The van der Waals surface area contributed by atoms with Crippen LogP contribution in [0, 0.1) is 20.8 Å². The SMILES string of the molecule is Cc1cc(C(=O)Nc2nnc(Cc3ccc(C)c(C)c3)o2)no1. The average Bonchev–Trinajstić information content (AvgIpc) is 3.12. The minimum absolute atomic E-state index is 0.0366. The molecule has 2 heterocycles. The standard InChI is InChI=1S/C16H16N4O3/c1-9-4-5-12(6-10(9)2)8-14-18-19-16(22-14)17-15(21)13-7-11(3)23-20-13/h4-7H,8H2,1-3H3,(H,17,19,21). The molecule has 0 unspecified atom stereocenters. The average molecular weight is 312 g/mol. The van der Waals surface area contributed by atoms with Crippen LogP contribution in [-0.2, 0) is 6.42 Å². The van der Waals surface area contributed by atoms with Gasteiger partial charge in [-0.15, -0.1) is 5.10 Å². The first-order valence-electron chi connectivity index (χ1n) is 7.14. The molecule has 0 aliphatic heterocycles. The molecule has 3 rings (SSSR count). The largest absolute Gasteiger partial charge is 0.407 e. The van der Waals surface area contributed by atoms with Crippen LogP contribution >= 0.6 is 0 Å². The van der Waals surface area contributed by atoms with Gasteiger partial charge in [-0.2, -0.15) is 0 Å². The molecule has 1 amide bonds. The summed E-state index contributed by atoms with van der Waals surface area (Å²) in [7, 11) is 0. The Morgan fingerprint density at radius 1 is 1.13 bits per heavy atom. The second-order valence-electron chi connectivity index (χ2n) is 5.37. The predicted molar refractivity (Wildman–Crippen MR) is 82.2 cm³/mol. The first-order valence-corrected chi connectivity index (χ1v) is 7.14. The summed E-state index contributed by atoms with van der Waals surface area (Å²) in [6.45, 7) is 5.82. The molecule has 7 nitrogen and oxygen atoms in total. The van der Waals surface area contributed by atoms with Crippen molar-refractivity contribution in [2.24, 2.45) is 0 Å². The number of aromatic nitrogens is 3. The molecule has 1 aromatic carbocycles. The van der Waals surface area contributed by atoms with Crippen molar-refractivity contribution in [2.75, 3.05) is 5.32 Å². The number of carbonyl (C=O) groups excluding carboxylic acids is 1. The first-order chi connectivity index (χ1) is 11.0. The summed E-state index contributed by atoms with van der Waals surface area (Å²) in [5, 5.41) is 13.9. The molecule has 0 radical (unpaired) electrons. The van der Waals surface area contributed by atoms with E-state index in [-0.39, 0.29) is 11.7 Å². The molecule has 2 aromatic heterocycles. The summed E-state index contributed by atoms with van der Waals surface area (Å²) in [5.74, 6) is 0.527. The van der Waals surface area contributed by atoms with Gasteiger partial charge in [-0.1, -0.05) is 28.5 Å². The van der Waals surface area contributed by atoms with Crippen LogP contribution in [-0.4, -0.2) is 21.3 Å². The van der Waals surface area contributed by atoms with E-state index in [9.17, 15) is 4.79 Å². The molecule has 7 heteroatoms. The van der Waals surface area contributed by atoms with E-state index in [0.29, 0.717) is 18.1 Å². The van der Waals surface area contributed by atoms with E-state index >= 15 is 0 Å². The quantitative estimate of drug-likeness (QED) is 0.796. The third-order valence-corrected chi connectivity index (χ3v) is 3.47. The second-order valence-corrected chi connectivity index (χ2v) is 5.37. The molecule has 23 heavy (non-hydrogen) atoms. The number of nitrogens with one attached hydrogen (secondary N) is 1. The molecule has 118 valence electrons. The number of hydrogen-bond acceptors (Lipinski definition) is 6. The van der Waals surface area contributed by atoms with E-state index in [1.54, 1.807) is 6.92 Å². The van der Waals surface area contributed by atoms with Crippen molar-refractivity contribution in [1.29, 1.82) is 0 Å². The van der Waals surface area contributed by atoms with Gasteiger partial charge in [0.25, 0.3) is 5.91 Å². The van der Waals surface area contributed by atoms with Gasteiger partial charge in [0.15, 0.2) is 5.69 Å². The van der Waals surface area contributed by atoms with Crippen LogP contribution in [0.4, 0.5) is 6.01 Å². The van der Waals surface area contributed by atoms with Gasteiger partial charge in [-0.3, -0.25) is 10.1 Å². The van der Waals surface area contributed by atoms with Crippen molar-refractivity contribution in [2.45, 2.75) is 27.2 Å². The number of hydrogen-bond donors (Lipinski definition) is 1. The van der Waals surface area contributed by atoms with Crippen LogP contribution in [0.15, 0.2) is 33.2 Å². The Hall–Kier alpha value is -2.96. The number of rotatable bonds is 4. The number of amides is 1. The summed E-state index contributed by atoms with van der Waals surface area (Å²) >= 11 is 0. The zero-order chi connectivity index (χ0) is 16.4. The summed E-state index contributed by atoms with van der Waals surface area (Å²) in [4.78, 5) is 11.9. The number of carbonyl (C=O) groups is 1. The zero-order valence-electron chi connectivity index (χ0n) is 13.1. The molecular weight excluding hydrogens is 296 g/mol. The Bertz CT molecular complexity index is 851. The van der Waals surface area contributed by atoms with Crippen LogP contribution in [0.3, 0.4) is 0 Å². The molecule has 0 bridgehead atoms. The molecule has 0 saturated heterocycles. The van der Waals surface area contributed by atoms with E-state index in [0.717, 1.165) is 5.56 Å². The molecule has 1 N–H and O–H groups in total. The summed E-state index contributed by atoms with van der Waals surface area (Å²) in [6.07, 6.45) is 0.507. The fraction of sp³-hybridized carbons (Fsp3) is 0.250. The van der Waals surface area contributed by atoms with Crippen LogP contribution in [0.1, 0.15) is 38.8 Å². The normalized spacial score (nSPS) is 10.7. The third-order valence-electron chi connectivity index (χ3n) is 3.47. The van der Waals surface area contributed by atoms with E-state index in [1.807, 2.05) is 6.07 Å². The molecule has 0 atom stereocenters. The van der Waals surface area contributed by atoms with Crippen molar-refractivity contribution in [3.05, 3.63) is 58.3 Å². The Kier molecular flexibility index (Phi) is 3.92. The minimum atomic E-state index is -0.455. The van der Waals surface area contributed by atoms with E-state index in [2.05, 4.69) is 46.7 Å². The van der Waals surface area contributed by atoms with Crippen LogP contribution in [0.25, 0.3) is 0 Å². The lowest BCUT2D eigenvalue weighted by Crippen LogP contribution is -2.12. The molecule has 0 aliphatic carbocycles. The van der Waals surface area contributed by atoms with Gasteiger partial charge in [-0.05, 0) is 37.5 Å². The fourth-order valence-corrected chi connectivity index (χ4v) is 2.10. The van der Waals surface area contributed by atoms with Gasteiger partial charge >= 0.3 is 6.01 Å². The first kappa shape index (κ1) is 15.0. The number of anilines is 1. The molecular formula is C16H16N4O3. The fourth-order valence-electron chi connectivity index (χ4n) is 2.10. The highest BCUT2D eigenvalue weighted by Crippen LogP contribution is 2.15. The van der Waals surface area contributed by atoms with Gasteiger partial charge in [0, 0.05) is 6.07 Å². The number of benzene rings is 1. The number of nitrogens with zero attached hydrogens (tertiary/aromatic N) is 3. The maximum Gasteiger partial charge on any atom is 0.322 e. The highest BCUT2D eigenvalue weighted by molar-refractivity contribution is 6.01. The molecule has 0 saturated carbocycles. The van der Waals surface area contributed by atoms with Gasteiger partial charge < -0.3 is 8.94 Å². The zero-order valence-corrected chi connectivity index (χ0v) is 13.1. The van der Waals surface area contributed by atoms with E-state index < -0.39 is 5.91 Å². The Balaban J connectivity index is 1.68. The Morgan fingerprint density at radius 3 is 2.65 bits per heavy atom. The van der Waals surface area contributed by atoms with Crippen molar-refractivity contribution < 1.29 is 13.7 Å². The Labute approximate surface area is 132 Å². The van der Waals surface area contributed by atoms with Gasteiger partial charge in [0.05, 0.1) is 6.42 Å². The van der Waals surface area contributed by atoms with Gasteiger partial charge in [0.2, 0.25) is 5.89 Å². The third kappa shape index (κ3) is 3.45. The van der Waals surface area contributed by atoms with Crippen LogP contribution in [0.5, 0.6) is 0 Å². The lowest BCUT2D eigenvalue weighted by Gasteiger charge is -2.02. The highest BCUT2D eigenvalue weighted by Gasteiger charge is 2.15. The summed E-state index contributed by atoms with van der Waals surface area (Å²) in [6, 6.07) is 7.71. The lowest BCUT2D eigenvalue weighted by atomic mass is 10.0. The number of aryl methyl sites for hydroxylation is 3. The predicted octanol–water partition coefficient (Wildman–Crippen LogP) is 2.83. The second kappa shape index (κ2) is 6.04. The maximum atomic E-state index is 11.9. The van der Waals surface area contributed by atoms with Crippen molar-refractivity contribution in [1.82, 2.24) is 15.4 Å². The van der Waals surface area contributed by atoms with Gasteiger partial charge in [-0.25, -0.2) is 0 Å². The van der Waals surface area contributed by atoms with Crippen molar-refractivity contribution in [3.8, 4) is 0 Å². The summed E-state index contributed by atoms with van der Waals surface area (Å²) in [5.41, 5.74) is 3.67. The molecule has 3 aromatic rings. The van der Waals surface area contributed by atoms with Crippen LogP contribution in [0.2, 0.25) is 0 Å². The Morgan fingerprint density at radius 2 is 1.96 bits per heavy atom. The summed E-state index contributed by atoms with van der Waals surface area (Å²) < 4.78 is 10.3. The molecule has 0 fully saturated rings. The van der Waals surface area contributed by atoms with Crippen LogP contribution < -0.4 is 5.32 Å². The molecule has 0 spiro atoms. The van der Waals surface area contributed by atoms with E-state index in [1.165, 1.54) is 17.2 Å².